The monoisotopic (exact) mass is 343 g/mol. The molecule has 7 heteroatoms. The lowest BCUT2D eigenvalue weighted by molar-refractivity contribution is -0.136. The predicted octanol–water partition coefficient (Wildman–Crippen LogP) is 1.79. The molecule has 2 heterocycles. The van der Waals surface area contributed by atoms with E-state index in [4.69, 9.17) is 0 Å². The summed E-state index contributed by atoms with van der Waals surface area (Å²) in [5.74, 6) is -0.0431. The Bertz CT molecular complexity index is 776. The number of nitrogens with one attached hydrogen (secondary N) is 1. The molecule has 6 nitrogen and oxygen atoms in total. The van der Waals surface area contributed by atoms with Crippen LogP contribution < -0.4 is 4.90 Å². The molecule has 132 valence electrons. The minimum absolute atomic E-state index is 0.0233. The van der Waals surface area contributed by atoms with Gasteiger partial charge in [-0.05, 0) is 31.9 Å². The zero-order valence-corrected chi connectivity index (χ0v) is 14.3. The van der Waals surface area contributed by atoms with Crippen LogP contribution in [0.15, 0.2) is 24.3 Å². The fraction of sp³-hybridized carbons (Fsp3) is 0.500. The zero-order valence-electron chi connectivity index (χ0n) is 14.3. The number of piperazine rings is 1. The predicted molar refractivity (Wildman–Crippen MR) is 91.7 cm³/mol. The minimum atomic E-state index is -0.208. The number of carbonyl (C=O) groups is 1. The molecule has 25 heavy (non-hydrogen) atoms. The van der Waals surface area contributed by atoms with E-state index in [1.165, 1.54) is 6.07 Å². The topological polar surface area (TPSA) is 65.1 Å². The van der Waals surface area contributed by atoms with Crippen LogP contribution in [0.5, 0.6) is 0 Å². The van der Waals surface area contributed by atoms with Gasteiger partial charge in [0.2, 0.25) is 5.91 Å². The first-order valence-corrected chi connectivity index (χ1v) is 8.82. The molecule has 2 atom stereocenters. The quantitative estimate of drug-likeness (QED) is 0.903. The Morgan fingerprint density at radius 3 is 2.84 bits per heavy atom. The fourth-order valence-corrected chi connectivity index (χ4v) is 3.95. The first-order valence-electron chi connectivity index (χ1n) is 8.82. The molecule has 1 aromatic carbocycles. The number of H-pyrrole nitrogens is 1. The number of para-hydroxylation sites is 1. The highest BCUT2D eigenvalue weighted by Crippen LogP contribution is 2.27. The van der Waals surface area contributed by atoms with Crippen LogP contribution in [0.3, 0.4) is 0 Å². The van der Waals surface area contributed by atoms with E-state index in [1.807, 2.05) is 17.9 Å². The van der Waals surface area contributed by atoms with Gasteiger partial charge in [-0.2, -0.15) is 15.4 Å². The van der Waals surface area contributed by atoms with Crippen LogP contribution >= 0.6 is 0 Å². The van der Waals surface area contributed by atoms with Crippen molar-refractivity contribution in [3.8, 4) is 0 Å². The van der Waals surface area contributed by atoms with Crippen LogP contribution in [0, 0.1) is 11.7 Å². The van der Waals surface area contributed by atoms with Gasteiger partial charge in [-0.1, -0.05) is 12.1 Å². The first kappa shape index (κ1) is 16.1. The van der Waals surface area contributed by atoms with Crippen molar-refractivity contribution in [2.24, 2.45) is 5.92 Å². The Kier molecular flexibility index (Phi) is 4.15. The Hall–Kier alpha value is -2.44. The minimum Gasteiger partial charge on any atom is -0.363 e. The van der Waals surface area contributed by atoms with Gasteiger partial charge >= 0.3 is 0 Å². The van der Waals surface area contributed by atoms with Crippen molar-refractivity contribution in [3.05, 3.63) is 41.5 Å². The molecule has 2 aliphatic rings. The van der Waals surface area contributed by atoms with Crippen molar-refractivity contribution >= 4 is 11.6 Å². The summed E-state index contributed by atoms with van der Waals surface area (Å²) in [6, 6.07) is 6.92. The van der Waals surface area contributed by atoms with Crippen molar-refractivity contribution in [1.29, 1.82) is 0 Å². The van der Waals surface area contributed by atoms with Crippen LogP contribution in [0.4, 0.5) is 10.1 Å². The molecule has 1 aliphatic heterocycles. The third kappa shape index (κ3) is 2.99. The summed E-state index contributed by atoms with van der Waals surface area (Å²) in [5.41, 5.74) is 2.52. The second-order valence-corrected chi connectivity index (χ2v) is 6.93. The second-order valence-electron chi connectivity index (χ2n) is 6.93. The maximum absolute atomic E-state index is 14.1. The molecular formula is C18H22FN5O. The van der Waals surface area contributed by atoms with Crippen molar-refractivity contribution < 1.29 is 9.18 Å². The Morgan fingerprint density at radius 2 is 2.04 bits per heavy atom. The highest BCUT2D eigenvalue weighted by molar-refractivity contribution is 5.80. The molecule has 1 fully saturated rings. The zero-order chi connectivity index (χ0) is 17.4. The van der Waals surface area contributed by atoms with Crippen molar-refractivity contribution in [1.82, 2.24) is 20.3 Å². The highest BCUT2D eigenvalue weighted by Gasteiger charge is 2.34. The van der Waals surface area contributed by atoms with Gasteiger partial charge in [0.15, 0.2) is 0 Å². The van der Waals surface area contributed by atoms with Crippen molar-refractivity contribution in [3.63, 3.8) is 0 Å². The number of carbonyl (C=O) groups excluding carboxylic acids is 1. The van der Waals surface area contributed by atoms with Crippen LogP contribution in [-0.4, -0.2) is 51.9 Å². The highest BCUT2D eigenvalue weighted by atomic mass is 19.1. The van der Waals surface area contributed by atoms with E-state index in [0.29, 0.717) is 31.7 Å². The van der Waals surface area contributed by atoms with Gasteiger partial charge in [0.05, 0.1) is 17.1 Å². The number of hydrogen-bond acceptors (Lipinski definition) is 4. The SMILES string of the molecule is C[C@H]1CN(C(=O)[C@@H]2CCc3n[nH]nc3C2)CCN1c1ccccc1F. The number of aromatic nitrogens is 3. The molecule has 0 radical (unpaired) electrons. The van der Waals surface area contributed by atoms with Gasteiger partial charge in [-0.15, -0.1) is 0 Å². The molecule has 1 aliphatic carbocycles. The summed E-state index contributed by atoms with van der Waals surface area (Å²) in [5, 5.41) is 10.9. The molecule has 1 saturated heterocycles. The average Bonchev–Trinajstić information content (AvgIpc) is 3.09. The number of aryl methyl sites for hydroxylation is 1. The number of rotatable bonds is 2. The number of fused-ring (bicyclic) bond motifs is 1. The molecule has 4 rings (SSSR count). The molecule has 1 N–H and O–H groups in total. The van der Waals surface area contributed by atoms with Gasteiger partial charge in [-0.25, -0.2) is 4.39 Å². The van der Waals surface area contributed by atoms with Gasteiger partial charge in [0.25, 0.3) is 0 Å². The van der Waals surface area contributed by atoms with Gasteiger partial charge in [0, 0.05) is 38.0 Å². The number of aromatic amines is 1. The van der Waals surface area contributed by atoms with Gasteiger partial charge < -0.3 is 9.80 Å². The summed E-state index contributed by atoms with van der Waals surface area (Å²) in [7, 11) is 0. The number of anilines is 1. The lowest BCUT2D eigenvalue weighted by atomic mass is 9.88. The van der Waals surface area contributed by atoms with E-state index < -0.39 is 0 Å². The molecule has 1 amide bonds. The number of benzene rings is 1. The van der Waals surface area contributed by atoms with E-state index in [9.17, 15) is 9.18 Å². The summed E-state index contributed by atoms with van der Waals surface area (Å²) in [6.07, 6.45) is 2.28. The molecule has 1 aromatic heterocycles. The lowest BCUT2D eigenvalue weighted by Crippen LogP contribution is -2.55. The number of halogens is 1. The van der Waals surface area contributed by atoms with E-state index >= 15 is 0 Å². The van der Waals surface area contributed by atoms with Crippen molar-refractivity contribution in [2.75, 3.05) is 24.5 Å². The van der Waals surface area contributed by atoms with E-state index in [2.05, 4.69) is 20.3 Å². The van der Waals surface area contributed by atoms with E-state index in [1.54, 1.807) is 12.1 Å². The normalized spacial score (nSPS) is 23.4. The van der Waals surface area contributed by atoms with Crippen LogP contribution in [0.2, 0.25) is 0 Å². The van der Waals surface area contributed by atoms with Gasteiger partial charge in [-0.3, -0.25) is 4.79 Å². The molecule has 2 aromatic rings. The Morgan fingerprint density at radius 1 is 1.24 bits per heavy atom. The Labute approximate surface area is 146 Å². The summed E-state index contributed by atoms with van der Waals surface area (Å²) in [4.78, 5) is 16.9. The number of hydrogen-bond donors (Lipinski definition) is 1. The van der Waals surface area contributed by atoms with Crippen LogP contribution in [-0.2, 0) is 17.6 Å². The van der Waals surface area contributed by atoms with Crippen LogP contribution in [0.1, 0.15) is 24.7 Å². The average molecular weight is 343 g/mol. The maximum Gasteiger partial charge on any atom is 0.226 e. The standard InChI is InChI=1S/C18H22FN5O/c1-12-11-23(8-9-24(12)17-5-3-2-4-14(17)19)18(25)13-6-7-15-16(10-13)21-22-20-15/h2-5,12-13H,6-11H2,1H3,(H,20,21,22)/t12-,13+/m0/s1. The van der Waals surface area contributed by atoms with Gasteiger partial charge in [0.1, 0.15) is 5.82 Å². The number of amides is 1. The lowest BCUT2D eigenvalue weighted by Gasteiger charge is -2.42. The van der Waals surface area contributed by atoms with E-state index in [-0.39, 0.29) is 23.7 Å². The molecule has 0 bridgehead atoms. The Balaban J connectivity index is 1.42. The number of nitrogens with zero attached hydrogens (tertiary/aromatic N) is 4. The maximum atomic E-state index is 14.1. The second kappa shape index (κ2) is 6.46. The third-order valence-corrected chi connectivity index (χ3v) is 5.32. The molecule has 0 unspecified atom stereocenters. The van der Waals surface area contributed by atoms with Crippen LogP contribution in [0.25, 0.3) is 0 Å². The fourth-order valence-electron chi connectivity index (χ4n) is 3.95. The first-order chi connectivity index (χ1) is 12.1. The smallest absolute Gasteiger partial charge is 0.226 e. The summed E-state index contributed by atoms with van der Waals surface area (Å²) >= 11 is 0. The van der Waals surface area contributed by atoms with Crippen molar-refractivity contribution in [2.45, 2.75) is 32.2 Å². The molecular weight excluding hydrogens is 321 g/mol. The third-order valence-electron chi connectivity index (χ3n) is 5.32. The summed E-state index contributed by atoms with van der Waals surface area (Å²) < 4.78 is 14.1. The molecule has 0 spiro atoms. The molecule has 0 saturated carbocycles. The van der Waals surface area contributed by atoms with E-state index in [0.717, 1.165) is 24.2 Å². The summed E-state index contributed by atoms with van der Waals surface area (Å²) in [6.45, 7) is 3.94. The largest absolute Gasteiger partial charge is 0.363 e.